The van der Waals surface area contributed by atoms with Gasteiger partial charge in [-0.05, 0) is 67.4 Å². The first-order chi connectivity index (χ1) is 10.0. The van der Waals surface area contributed by atoms with Crippen molar-refractivity contribution in [2.75, 3.05) is 14.2 Å². The molecule has 0 aliphatic carbocycles. The summed E-state index contributed by atoms with van der Waals surface area (Å²) in [6.45, 7) is 2.07. The van der Waals surface area contributed by atoms with E-state index in [0.717, 1.165) is 22.8 Å². The first kappa shape index (κ1) is 16.2. The predicted molar refractivity (Wildman–Crippen MR) is 89.7 cm³/mol. The fraction of sp³-hybridized carbons (Fsp3) is 0.294. The highest BCUT2D eigenvalue weighted by atomic mass is 35.5. The molecule has 1 N–H and O–H groups in total. The second-order valence-electron chi connectivity index (χ2n) is 5.00. The minimum atomic E-state index is 0.176. The molecule has 0 aromatic heterocycles. The summed E-state index contributed by atoms with van der Waals surface area (Å²) < 4.78 is 5.42. The number of nitrogens with one attached hydrogen (secondary N) is 1. The Balaban J connectivity index is 2.33. The second kappa shape index (κ2) is 7.17. The first-order valence-electron chi connectivity index (χ1n) is 6.81. The lowest BCUT2D eigenvalue weighted by molar-refractivity contribution is 0.406. The van der Waals surface area contributed by atoms with E-state index in [2.05, 4.69) is 18.3 Å². The van der Waals surface area contributed by atoms with Crippen LogP contribution in [-0.4, -0.2) is 14.2 Å². The van der Waals surface area contributed by atoms with Gasteiger partial charge in [0.25, 0.3) is 0 Å². The van der Waals surface area contributed by atoms with Gasteiger partial charge in [0.1, 0.15) is 5.75 Å². The van der Waals surface area contributed by atoms with E-state index in [1.807, 2.05) is 37.4 Å². The summed E-state index contributed by atoms with van der Waals surface area (Å²) >= 11 is 12.1. The SMILES string of the molecule is CNC(Cc1cc(Cl)ccc1OC)c1ccc(Cl)cc1C. The van der Waals surface area contributed by atoms with E-state index in [1.165, 1.54) is 11.1 Å². The molecule has 2 aromatic rings. The van der Waals surface area contributed by atoms with E-state index < -0.39 is 0 Å². The molecular weight excluding hydrogens is 305 g/mol. The van der Waals surface area contributed by atoms with E-state index in [-0.39, 0.29) is 6.04 Å². The molecule has 0 heterocycles. The van der Waals surface area contributed by atoms with Crippen molar-refractivity contribution in [3.05, 3.63) is 63.1 Å². The molecule has 21 heavy (non-hydrogen) atoms. The van der Waals surface area contributed by atoms with Crippen molar-refractivity contribution in [1.29, 1.82) is 0 Å². The molecule has 1 atom stereocenters. The normalized spacial score (nSPS) is 12.2. The minimum Gasteiger partial charge on any atom is -0.496 e. The molecule has 0 radical (unpaired) electrons. The molecule has 0 fully saturated rings. The van der Waals surface area contributed by atoms with Gasteiger partial charge >= 0.3 is 0 Å². The highest BCUT2D eigenvalue weighted by molar-refractivity contribution is 6.31. The zero-order chi connectivity index (χ0) is 15.4. The van der Waals surface area contributed by atoms with Crippen LogP contribution in [0.3, 0.4) is 0 Å². The number of benzene rings is 2. The quantitative estimate of drug-likeness (QED) is 0.852. The fourth-order valence-corrected chi connectivity index (χ4v) is 2.95. The van der Waals surface area contributed by atoms with Crippen molar-refractivity contribution in [2.45, 2.75) is 19.4 Å². The Kier molecular flexibility index (Phi) is 5.51. The molecule has 2 aromatic carbocycles. The van der Waals surface area contributed by atoms with Gasteiger partial charge in [0.2, 0.25) is 0 Å². The molecular formula is C17H19Cl2NO. The average Bonchev–Trinajstić information content (AvgIpc) is 2.45. The molecule has 0 aliphatic rings. The molecule has 0 saturated carbocycles. The van der Waals surface area contributed by atoms with E-state index >= 15 is 0 Å². The zero-order valence-electron chi connectivity index (χ0n) is 12.4. The van der Waals surface area contributed by atoms with E-state index in [9.17, 15) is 0 Å². The Hall–Kier alpha value is -1.22. The maximum Gasteiger partial charge on any atom is 0.122 e. The molecule has 0 amide bonds. The smallest absolute Gasteiger partial charge is 0.122 e. The van der Waals surface area contributed by atoms with Gasteiger partial charge in [-0.1, -0.05) is 29.3 Å². The van der Waals surface area contributed by atoms with Gasteiger partial charge in [0.05, 0.1) is 7.11 Å². The molecule has 0 saturated heterocycles. The van der Waals surface area contributed by atoms with Crippen LogP contribution in [0.25, 0.3) is 0 Å². The van der Waals surface area contributed by atoms with Crippen molar-refractivity contribution in [1.82, 2.24) is 5.32 Å². The van der Waals surface area contributed by atoms with Gasteiger partial charge in [0.15, 0.2) is 0 Å². The Morgan fingerprint density at radius 3 is 2.38 bits per heavy atom. The van der Waals surface area contributed by atoms with Crippen LogP contribution in [0.15, 0.2) is 36.4 Å². The van der Waals surface area contributed by atoms with Crippen LogP contribution in [-0.2, 0) is 6.42 Å². The number of hydrogen-bond acceptors (Lipinski definition) is 2. The summed E-state index contributed by atoms with van der Waals surface area (Å²) in [7, 11) is 3.63. The second-order valence-corrected chi connectivity index (χ2v) is 5.88. The highest BCUT2D eigenvalue weighted by Crippen LogP contribution is 2.29. The summed E-state index contributed by atoms with van der Waals surface area (Å²) in [5.74, 6) is 0.853. The van der Waals surface area contributed by atoms with Crippen molar-refractivity contribution in [3.8, 4) is 5.75 Å². The Labute approximate surface area is 136 Å². The molecule has 0 bridgehead atoms. The Morgan fingerprint density at radius 2 is 1.76 bits per heavy atom. The largest absolute Gasteiger partial charge is 0.496 e. The summed E-state index contributed by atoms with van der Waals surface area (Å²) in [6, 6.07) is 11.8. The van der Waals surface area contributed by atoms with Gasteiger partial charge in [-0.15, -0.1) is 0 Å². The molecule has 2 rings (SSSR count). The number of likely N-dealkylation sites (N-methyl/N-ethyl adjacent to an activating group) is 1. The van der Waals surface area contributed by atoms with Crippen molar-refractivity contribution >= 4 is 23.2 Å². The lowest BCUT2D eigenvalue weighted by Gasteiger charge is -2.20. The minimum absolute atomic E-state index is 0.176. The van der Waals surface area contributed by atoms with Crippen molar-refractivity contribution in [2.24, 2.45) is 0 Å². The maximum atomic E-state index is 6.11. The fourth-order valence-electron chi connectivity index (χ4n) is 2.52. The summed E-state index contributed by atoms with van der Waals surface area (Å²) in [5.41, 5.74) is 3.48. The van der Waals surface area contributed by atoms with Gasteiger partial charge in [-0.25, -0.2) is 0 Å². The summed E-state index contributed by atoms with van der Waals surface area (Å²) in [4.78, 5) is 0. The van der Waals surface area contributed by atoms with Crippen LogP contribution < -0.4 is 10.1 Å². The maximum absolute atomic E-state index is 6.11. The van der Waals surface area contributed by atoms with Crippen LogP contribution in [0, 0.1) is 6.92 Å². The monoisotopic (exact) mass is 323 g/mol. The van der Waals surface area contributed by atoms with E-state index in [0.29, 0.717) is 5.02 Å². The molecule has 1 unspecified atom stereocenters. The number of aryl methyl sites for hydroxylation is 1. The summed E-state index contributed by atoms with van der Waals surface area (Å²) in [6.07, 6.45) is 0.794. The van der Waals surface area contributed by atoms with E-state index in [1.54, 1.807) is 7.11 Å². The Morgan fingerprint density at radius 1 is 1.10 bits per heavy atom. The van der Waals surface area contributed by atoms with Gasteiger partial charge in [0, 0.05) is 16.1 Å². The number of hydrogen-bond donors (Lipinski definition) is 1. The van der Waals surface area contributed by atoms with Gasteiger partial charge in [-0.2, -0.15) is 0 Å². The third-order valence-corrected chi connectivity index (χ3v) is 4.09. The third kappa shape index (κ3) is 3.91. The number of halogens is 2. The van der Waals surface area contributed by atoms with E-state index in [4.69, 9.17) is 27.9 Å². The van der Waals surface area contributed by atoms with Crippen molar-refractivity contribution in [3.63, 3.8) is 0 Å². The van der Waals surface area contributed by atoms with Crippen LogP contribution in [0.1, 0.15) is 22.7 Å². The first-order valence-corrected chi connectivity index (χ1v) is 7.56. The number of rotatable bonds is 5. The van der Waals surface area contributed by atoms with Crippen LogP contribution >= 0.6 is 23.2 Å². The molecule has 4 heteroatoms. The topological polar surface area (TPSA) is 21.3 Å². The predicted octanol–water partition coefficient (Wildman–Crippen LogP) is 4.81. The molecule has 0 spiro atoms. The van der Waals surface area contributed by atoms with Crippen LogP contribution in [0.4, 0.5) is 0 Å². The standard InChI is InChI=1S/C17H19Cl2NO/c1-11-8-13(18)4-6-15(11)16(20-2)10-12-9-14(19)5-7-17(12)21-3/h4-9,16,20H,10H2,1-3H3. The lowest BCUT2D eigenvalue weighted by atomic mass is 9.95. The number of methoxy groups -OCH3 is 1. The average molecular weight is 324 g/mol. The van der Waals surface area contributed by atoms with Crippen molar-refractivity contribution < 1.29 is 4.74 Å². The molecule has 0 aliphatic heterocycles. The zero-order valence-corrected chi connectivity index (χ0v) is 13.9. The van der Waals surface area contributed by atoms with Gasteiger partial charge in [-0.3, -0.25) is 0 Å². The molecule has 112 valence electrons. The highest BCUT2D eigenvalue weighted by Gasteiger charge is 2.15. The lowest BCUT2D eigenvalue weighted by Crippen LogP contribution is -2.20. The van der Waals surface area contributed by atoms with Crippen LogP contribution in [0.2, 0.25) is 10.0 Å². The molecule has 2 nitrogen and oxygen atoms in total. The Bertz CT molecular complexity index is 628. The number of ether oxygens (including phenoxy) is 1. The van der Waals surface area contributed by atoms with Crippen LogP contribution in [0.5, 0.6) is 5.75 Å². The van der Waals surface area contributed by atoms with Gasteiger partial charge < -0.3 is 10.1 Å². The third-order valence-electron chi connectivity index (χ3n) is 3.62. The summed E-state index contributed by atoms with van der Waals surface area (Å²) in [5, 5.41) is 4.83.